The molecule has 0 atom stereocenters. The van der Waals surface area contributed by atoms with E-state index < -0.39 is 0 Å². The molecule has 1 aromatic rings. The predicted molar refractivity (Wildman–Crippen MR) is 75.5 cm³/mol. The maximum atomic E-state index is 12.1. The van der Waals surface area contributed by atoms with Gasteiger partial charge in [0.1, 0.15) is 11.5 Å². The van der Waals surface area contributed by atoms with Crippen LogP contribution in [-0.4, -0.2) is 39.8 Å². The lowest BCUT2D eigenvalue weighted by atomic mass is 10.0. The van der Waals surface area contributed by atoms with Crippen LogP contribution in [0.25, 0.3) is 0 Å². The summed E-state index contributed by atoms with van der Waals surface area (Å²) in [4.78, 5) is 12.1. The summed E-state index contributed by atoms with van der Waals surface area (Å²) < 4.78 is 10.3. The number of methoxy groups -OCH3 is 2. The normalized spacial score (nSPS) is 14.0. The largest absolute Gasteiger partial charge is 0.497 e. The number of carbonyl (C=O) groups is 1. The smallest absolute Gasteiger partial charge is 0.255 e. The van der Waals surface area contributed by atoms with Gasteiger partial charge < -0.3 is 20.1 Å². The number of hydrogen-bond donors (Lipinski definition) is 2. The van der Waals surface area contributed by atoms with Gasteiger partial charge in [-0.1, -0.05) is 0 Å². The van der Waals surface area contributed by atoms with Gasteiger partial charge in [0.25, 0.3) is 5.91 Å². The molecule has 1 heterocycles. The molecule has 19 heavy (non-hydrogen) atoms. The van der Waals surface area contributed by atoms with Gasteiger partial charge in [0.05, 0.1) is 19.8 Å². The van der Waals surface area contributed by atoms with Gasteiger partial charge in [-0.2, -0.15) is 0 Å². The number of nitrogens with one attached hydrogen (secondary N) is 2. The van der Waals surface area contributed by atoms with E-state index in [4.69, 9.17) is 9.47 Å². The van der Waals surface area contributed by atoms with Crippen molar-refractivity contribution in [1.29, 1.82) is 0 Å². The number of hydrogen-bond acceptors (Lipinski definition) is 4. The zero-order valence-corrected chi connectivity index (χ0v) is 11.9. The third-order valence-electron chi connectivity index (χ3n) is 3.07. The number of ether oxygens (including phenoxy) is 2. The number of amides is 1. The summed E-state index contributed by atoms with van der Waals surface area (Å²) in [5.41, 5.74) is 0.504. The molecule has 0 aromatic heterocycles. The fourth-order valence-electron chi connectivity index (χ4n) is 1.82. The van der Waals surface area contributed by atoms with Gasteiger partial charge in [0.15, 0.2) is 0 Å². The lowest BCUT2D eigenvalue weighted by Gasteiger charge is -2.27. The molecule has 0 aliphatic carbocycles. The molecule has 2 N–H and O–H groups in total. The van der Waals surface area contributed by atoms with Crippen molar-refractivity contribution in [3.8, 4) is 11.5 Å². The van der Waals surface area contributed by atoms with Gasteiger partial charge in [0, 0.05) is 25.6 Å². The van der Waals surface area contributed by atoms with Gasteiger partial charge in [-0.25, -0.2) is 0 Å². The number of benzene rings is 1. The zero-order chi connectivity index (χ0) is 13.0. The first-order valence-corrected chi connectivity index (χ1v) is 5.95. The van der Waals surface area contributed by atoms with Crippen molar-refractivity contribution in [3.05, 3.63) is 23.8 Å². The molecule has 1 saturated heterocycles. The van der Waals surface area contributed by atoms with Crippen LogP contribution in [-0.2, 0) is 0 Å². The van der Waals surface area contributed by atoms with Gasteiger partial charge in [0.2, 0.25) is 0 Å². The molecule has 1 fully saturated rings. The lowest BCUT2D eigenvalue weighted by Crippen LogP contribution is -2.48. The first kappa shape index (κ1) is 15.6. The average molecular weight is 287 g/mol. The Morgan fingerprint density at radius 3 is 2.63 bits per heavy atom. The molecule has 1 amide bonds. The molecule has 0 saturated carbocycles. The summed E-state index contributed by atoms with van der Waals surface area (Å²) in [6.45, 7) is 2.62. The minimum Gasteiger partial charge on any atom is -0.497 e. The van der Waals surface area contributed by atoms with E-state index >= 15 is 0 Å². The Labute approximate surface area is 119 Å². The molecular formula is C13H19ClN2O3. The standard InChI is InChI=1S/C13H18N2O3.ClH/c1-17-10-3-4-12(18-2)11(5-10)13(16)15-8-9-6-14-7-9;/h3-5,9,14H,6-8H2,1-2H3,(H,15,16);1H. The van der Waals surface area contributed by atoms with Crippen molar-refractivity contribution in [2.75, 3.05) is 33.9 Å². The Morgan fingerprint density at radius 2 is 2.11 bits per heavy atom. The van der Waals surface area contributed by atoms with Crippen LogP contribution >= 0.6 is 12.4 Å². The van der Waals surface area contributed by atoms with E-state index in [2.05, 4.69) is 10.6 Å². The SMILES string of the molecule is COc1ccc(OC)c(C(=O)NCC2CNC2)c1.Cl. The third kappa shape index (κ3) is 3.75. The minimum absolute atomic E-state index is 0. The monoisotopic (exact) mass is 286 g/mol. The molecule has 1 aromatic carbocycles. The number of carbonyl (C=O) groups excluding carboxylic acids is 1. The van der Waals surface area contributed by atoms with Crippen LogP contribution in [0.3, 0.4) is 0 Å². The summed E-state index contributed by atoms with van der Waals surface area (Å²) in [6, 6.07) is 5.19. The van der Waals surface area contributed by atoms with Gasteiger partial charge in [-0.05, 0) is 18.2 Å². The van der Waals surface area contributed by atoms with Crippen molar-refractivity contribution in [2.24, 2.45) is 5.92 Å². The van der Waals surface area contributed by atoms with Crippen LogP contribution in [0.1, 0.15) is 10.4 Å². The fourth-order valence-corrected chi connectivity index (χ4v) is 1.82. The van der Waals surface area contributed by atoms with E-state index in [0.717, 1.165) is 13.1 Å². The van der Waals surface area contributed by atoms with Crippen molar-refractivity contribution in [1.82, 2.24) is 10.6 Å². The maximum Gasteiger partial charge on any atom is 0.255 e. The second kappa shape index (κ2) is 7.21. The Hall–Kier alpha value is -1.46. The van der Waals surface area contributed by atoms with E-state index in [0.29, 0.717) is 29.5 Å². The topological polar surface area (TPSA) is 59.6 Å². The fraction of sp³-hybridized carbons (Fsp3) is 0.462. The third-order valence-corrected chi connectivity index (χ3v) is 3.07. The van der Waals surface area contributed by atoms with E-state index in [9.17, 15) is 4.79 Å². The van der Waals surface area contributed by atoms with Gasteiger partial charge in [-0.15, -0.1) is 12.4 Å². The molecule has 0 spiro atoms. The summed E-state index contributed by atoms with van der Waals surface area (Å²) in [6.07, 6.45) is 0. The highest BCUT2D eigenvalue weighted by atomic mass is 35.5. The van der Waals surface area contributed by atoms with E-state index in [1.165, 1.54) is 0 Å². The zero-order valence-electron chi connectivity index (χ0n) is 11.1. The van der Waals surface area contributed by atoms with Gasteiger partial charge >= 0.3 is 0 Å². The van der Waals surface area contributed by atoms with Crippen LogP contribution < -0.4 is 20.1 Å². The molecule has 106 valence electrons. The molecule has 0 bridgehead atoms. The quantitative estimate of drug-likeness (QED) is 0.850. The van der Waals surface area contributed by atoms with Crippen molar-refractivity contribution in [2.45, 2.75) is 0 Å². The number of rotatable bonds is 5. The van der Waals surface area contributed by atoms with Crippen molar-refractivity contribution < 1.29 is 14.3 Å². The van der Waals surface area contributed by atoms with Crippen molar-refractivity contribution in [3.63, 3.8) is 0 Å². The molecular weight excluding hydrogens is 268 g/mol. The first-order valence-electron chi connectivity index (χ1n) is 5.95. The van der Waals surface area contributed by atoms with Crippen LogP contribution in [0.15, 0.2) is 18.2 Å². The summed E-state index contributed by atoms with van der Waals surface area (Å²) in [5.74, 6) is 1.61. The minimum atomic E-state index is -0.127. The Bertz CT molecular complexity index is 436. The van der Waals surface area contributed by atoms with Crippen LogP contribution in [0.5, 0.6) is 11.5 Å². The highest BCUT2D eigenvalue weighted by molar-refractivity contribution is 5.97. The Morgan fingerprint density at radius 1 is 1.37 bits per heavy atom. The lowest BCUT2D eigenvalue weighted by molar-refractivity contribution is 0.0939. The van der Waals surface area contributed by atoms with Crippen LogP contribution in [0.4, 0.5) is 0 Å². The summed E-state index contributed by atoms with van der Waals surface area (Å²) >= 11 is 0. The number of halogens is 1. The highest BCUT2D eigenvalue weighted by Gasteiger charge is 2.19. The van der Waals surface area contributed by atoms with Crippen LogP contribution in [0, 0.1) is 5.92 Å². The molecule has 2 rings (SSSR count). The molecule has 0 unspecified atom stereocenters. The Kier molecular flexibility index (Phi) is 5.92. The maximum absolute atomic E-state index is 12.1. The molecule has 0 radical (unpaired) electrons. The molecule has 5 nitrogen and oxygen atoms in total. The van der Waals surface area contributed by atoms with E-state index in [1.54, 1.807) is 32.4 Å². The highest BCUT2D eigenvalue weighted by Crippen LogP contribution is 2.23. The first-order chi connectivity index (χ1) is 8.74. The predicted octanol–water partition coefficient (Wildman–Crippen LogP) is 1.07. The van der Waals surface area contributed by atoms with Gasteiger partial charge in [-0.3, -0.25) is 4.79 Å². The molecule has 1 aliphatic heterocycles. The van der Waals surface area contributed by atoms with E-state index in [1.807, 2.05) is 0 Å². The summed E-state index contributed by atoms with van der Waals surface area (Å²) in [7, 11) is 3.12. The second-order valence-electron chi connectivity index (χ2n) is 4.30. The van der Waals surface area contributed by atoms with Crippen molar-refractivity contribution >= 4 is 18.3 Å². The molecule has 1 aliphatic rings. The van der Waals surface area contributed by atoms with E-state index in [-0.39, 0.29) is 18.3 Å². The second-order valence-corrected chi connectivity index (χ2v) is 4.30. The average Bonchev–Trinajstić information content (AvgIpc) is 2.35. The Balaban J connectivity index is 0.00000180. The molecule has 6 heteroatoms. The van der Waals surface area contributed by atoms with Crippen LogP contribution in [0.2, 0.25) is 0 Å². The summed E-state index contributed by atoms with van der Waals surface area (Å²) in [5, 5.41) is 6.08.